The highest BCUT2D eigenvalue weighted by atomic mass is 15.1. The van der Waals surface area contributed by atoms with Crippen molar-refractivity contribution in [3.63, 3.8) is 0 Å². The van der Waals surface area contributed by atoms with E-state index in [-0.39, 0.29) is 0 Å². The lowest BCUT2D eigenvalue weighted by Gasteiger charge is -2.28. The molecule has 13 rings (SSSR count). The van der Waals surface area contributed by atoms with E-state index in [0.29, 0.717) is 0 Å². The molecule has 308 valence electrons. The summed E-state index contributed by atoms with van der Waals surface area (Å²) in [6.07, 6.45) is 0. The molecule has 0 aliphatic heterocycles. The molecule has 2 heteroatoms. The lowest BCUT2D eigenvalue weighted by atomic mass is 9.92. The van der Waals surface area contributed by atoms with Crippen LogP contribution >= 0.6 is 0 Å². The molecule has 0 aliphatic rings. The molecular weight excluding hydrogens is 797 g/mol. The summed E-state index contributed by atoms with van der Waals surface area (Å²) >= 11 is 0. The first kappa shape index (κ1) is 37.8. The van der Waals surface area contributed by atoms with Gasteiger partial charge in [-0.15, -0.1) is 0 Å². The second-order valence-corrected chi connectivity index (χ2v) is 17.3. The average molecular weight is 839 g/mol. The third-order valence-electron chi connectivity index (χ3n) is 13.5. The zero-order chi connectivity index (χ0) is 43.6. The highest BCUT2D eigenvalue weighted by molar-refractivity contribution is 6.27. The van der Waals surface area contributed by atoms with Crippen molar-refractivity contribution < 1.29 is 0 Å². The zero-order valence-electron chi connectivity index (χ0n) is 36.1. The SMILES string of the molecule is c1ccc(-c2cccc(-c3ccc(N(c4cccc(-c5cccc(-c6ccccc6)c5)c4)c4ccc5ccc6c(-n7c8ccccc8c8ccccc87)ccc7ccc4c5c76)cc3)c2)cc1. The van der Waals surface area contributed by atoms with Gasteiger partial charge < -0.3 is 9.47 Å². The van der Waals surface area contributed by atoms with Gasteiger partial charge in [0.2, 0.25) is 0 Å². The Labute approximate surface area is 383 Å². The van der Waals surface area contributed by atoms with Crippen LogP contribution in [0.4, 0.5) is 17.1 Å². The summed E-state index contributed by atoms with van der Waals surface area (Å²) in [5, 5.41) is 10.00. The number of aromatic nitrogens is 1. The minimum atomic E-state index is 1.09. The lowest BCUT2D eigenvalue weighted by molar-refractivity contribution is 1.20. The minimum absolute atomic E-state index is 1.09. The normalized spacial score (nSPS) is 11.6. The Morgan fingerprint density at radius 1 is 0.258 bits per heavy atom. The summed E-state index contributed by atoms with van der Waals surface area (Å²) in [4.78, 5) is 2.45. The smallest absolute Gasteiger partial charge is 0.0541 e. The molecule has 13 aromatic rings. The third-order valence-corrected chi connectivity index (χ3v) is 13.5. The Kier molecular flexibility index (Phi) is 8.89. The first-order valence-electron chi connectivity index (χ1n) is 22.7. The number of para-hydroxylation sites is 2. The molecule has 2 nitrogen and oxygen atoms in total. The van der Waals surface area contributed by atoms with Crippen LogP contribution in [0.3, 0.4) is 0 Å². The summed E-state index contributed by atoms with van der Waals surface area (Å²) in [5.74, 6) is 0. The summed E-state index contributed by atoms with van der Waals surface area (Å²) in [5.41, 5.74) is 16.5. The van der Waals surface area contributed by atoms with Crippen LogP contribution < -0.4 is 4.90 Å². The van der Waals surface area contributed by atoms with Gasteiger partial charge in [-0.2, -0.15) is 0 Å². The van der Waals surface area contributed by atoms with Gasteiger partial charge in [0.25, 0.3) is 0 Å². The Morgan fingerprint density at radius 3 is 1.30 bits per heavy atom. The van der Waals surface area contributed by atoms with Crippen molar-refractivity contribution in [1.82, 2.24) is 4.57 Å². The maximum absolute atomic E-state index is 2.46. The first-order valence-corrected chi connectivity index (χ1v) is 22.7. The highest BCUT2D eigenvalue weighted by Crippen LogP contribution is 2.46. The Bertz CT molecular complexity index is 3870. The average Bonchev–Trinajstić information content (AvgIpc) is 3.73. The molecule has 0 saturated heterocycles. The van der Waals surface area contributed by atoms with Crippen LogP contribution in [0.25, 0.3) is 104 Å². The maximum atomic E-state index is 2.46. The molecule has 1 heterocycles. The van der Waals surface area contributed by atoms with Crippen molar-refractivity contribution in [2.24, 2.45) is 0 Å². The molecule has 66 heavy (non-hydrogen) atoms. The van der Waals surface area contributed by atoms with Gasteiger partial charge in [0.15, 0.2) is 0 Å². The third kappa shape index (κ3) is 6.26. The predicted molar refractivity (Wildman–Crippen MR) is 281 cm³/mol. The van der Waals surface area contributed by atoms with Crippen molar-refractivity contribution in [2.75, 3.05) is 4.90 Å². The van der Waals surface area contributed by atoms with Gasteiger partial charge in [0, 0.05) is 32.9 Å². The van der Waals surface area contributed by atoms with Gasteiger partial charge in [0.1, 0.15) is 0 Å². The van der Waals surface area contributed by atoms with Crippen LogP contribution in [0.1, 0.15) is 0 Å². The van der Waals surface area contributed by atoms with Crippen LogP contribution in [0, 0.1) is 0 Å². The van der Waals surface area contributed by atoms with Gasteiger partial charge in [-0.1, -0.05) is 194 Å². The van der Waals surface area contributed by atoms with Gasteiger partial charge in [-0.05, 0) is 127 Å². The van der Waals surface area contributed by atoms with E-state index in [9.17, 15) is 0 Å². The number of fused-ring (bicyclic) bond motifs is 3. The van der Waals surface area contributed by atoms with Crippen molar-refractivity contribution in [2.45, 2.75) is 0 Å². The molecule has 0 radical (unpaired) electrons. The van der Waals surface area contributed by atoms with Gasteiger partial charge in [0.05, 0.1) is 22.4 Å². The minimum Gasteiger partial charge on any atom is -0.310 e. The van der Waals surface area contributed by atoms with E-state index in [2.05, 4.69) is 264 Å². The van der Waals surface area contributed by atoms with E-state index < -0.39 is 0 Å². The standard InChI is InChI=1S/C64H42N2/c1-3-14-43(15-4-1)48-18-11-20-50(40-48)45-28-34-53(35-29-45)65(54-23-13-22-52(42-54)51-21-12-19-49(41-51)44-16-5-2-6-17-44)61-38-32-46-31-37-58-62(39-33-47-30-36-57(61)63(46)64(47)58)66-59-26-9-7-24-55(59)56-25-8-10-27-60(56)66/h1-42H. The number of anilines is 3. The molecule has 0 unspecified atom stereocenters. The Hall–Kier alpha value is -8.72. The van der Waals surface area contributed by atoms with Crippen molar-refractivity contribution in [3.8, 4) is 50.2 Å². The fourth-order valence-corrected chi connectivity index (χ4v) is 10.4. The summed E-state index contributed by atoms with van der Waals surface area (Å²) in [6.45, 7) is 0. The lowest BCUT2D eigenvalue weighted by Crippen LogP contribution is -2.11. The van der Waals surface area contributed by atoms with Gasteiger partial charge in [-0.25, -0.2) is 0 Å². The van der Waals surface area contributed by atoms with Crippen LogP contribution in [0.2, 0.25) is 0 Å². The molecule has 0 saturated carbocycles. The van der Waals surface area contributed by atoms with Crippen LogP contribution in [-0.2, 0) is 0 Å². The quantitative estimate of drug-likeness (QED) is 0.138. The molecule has 0 spiro atoms. The predicted octanol–water partition coefficient (Wildman–Crippen LogP) is 17.8. The molecular formula is C64H42N2. The van der Waals surface area contributed by atoms with Crippen LogP contribution in [-0.4, -0.2) is 4.57 Å². The number of nitrogens with zero attached hydrogens (tertiary/aromatic N) is 2. The van der Waals surface area contributed by atoms with E-state index in [4.69, 9.17) is 0 Å². The van der Waals surface area contributed by atoms with E-state index in [0.717, 1.165) is 22.6 Å². The van der Waals surface area contributed by atoms with E-state index in [1.807, 2.05) is 0 Å². The largest absolute Gasteiger partial charge is 0.310 e. The van der Waals surface area contributed by atoms with E-state index in [1.54, 1.807) is 0 Å². The van der Waals surface area contributed by atoms with E-state index >= 15 is 0 Å². The fourth-order valence-electron chi connectivity index (χ4n) is 10.4. The Morgan fingerprint density at radius 2 is 0.697 bits per heavy atom. The maximum Gasteiger partial charge on any atom is 0.0541 e. The fraction of sp³-hybridized carbons (Fsp3) is 0. The van der Waals surface area contributed by atoms with Crippen LogP contribution in [0.5, 0.6) is 0 Å². The molecule has 0 aliphatic carbocycles. The summed E-state index contributed by atoms with van der Waals surface area (Å²) in [6, 6.07) is 93.3. The first-order chi connectivity index (χ1) is 32.7. The monoisotopic (exact) mass is 838 g/mol. The molecule has 0 fully saturated rings. The molecule has 0 atom stereocenters. The van der Waals surface area contributed by atoms with E-state index in [1.165, 1.54) is 98.8 Å². The van der Waals surface area contributed by atoms with Crippen molar-refractivity contribution in [3.05, 3.63) is 255 Å². The van der Waals surface area contributed by atoms with Crippen molar-refractivity contribution in [1.29, 1.82) is 0 Å². The number of hydrogen-bond acceptors (Lipinski definition) is 1. The zero-order valence-corrected chi connectivity index (χ0v) is 36.1. The molecule has 12 aromatic carbocycles. The highest BCUT2D eigenvalue weighted by Gasteiger charge is 2.21. The summed E-state index contributed by atoms with van der Waals surface area (Å²) < 4.78 is 2.46. The summed E-state index contributed by atoms with van der Waals surface area (Å²) in [7, 11) is 0. The van der Waals surface area contributed by atoms with Crippen molar-refractivity contribution >= 4 is 71.2 Å². The number of rotatable bonds is 8. The molecule has 0 amide bonds. The van der Waals surface area contributed by atoms with Crippen LogP contribution in [0.15, 0.2) is 255 Å². The Balaban J connectivity index is 0.999. The molecule has 0 bridgehead atoms. The molecule has 1 aromatic heterocycles. The second-order valence-electron chi connectivity index (χ2n) is 17.3. The topological polar surface area (TPSA) is 8.17 Å². The second kappa shape index (κ2) is 15.5. The molecule has 0 N–H and O–H groups in total. The van der Waals surface area contributed by atoms with Gasteiger partial charge >= 0.3 is 0 Å². The number of hydrogen-bond donors (Lipinski definition) is 0. The number of benzene rings is 12. The van der Waals surface area contributed by atoms with Gasteiger partial charge in [-0.3, -0.25) is 0 Å².